The lowest BCUT2D eigenvalue weighted by molar-refractivity contribution is -0.660. The van der Waals surface area contributed by atoms with Crippen LogP contribution in [0.4, 0.5) is 0 Å². The molecule has 6 heterocycles. The van der Waals surface area contributed by atoms with E-state index in [4.69, 9.17) is 4.11 Å². The fraction of sp³-hybridized carbons (Fsp3) is 0.214. The summed E-state index contributed by atoms with van der Waals surface area (Å²) in [6.45, 7) is 21.4. The highest BCUT2D eigenvalue weighted by Crippen LogP contribution is 2.26. The molecule has 0 radical (unpaired) electrons. The largest absolute Gasteiger partial charge is 0.212 e. The zero-order valence-electron chi connectivity index (χ0n) is 59.4. The van der Waals surface area contributed by atoms with Crippen LogP contribution in [-0.2, 0) is 42.3 Å². The molecule has 0 bridgehead atoms. The molecule has 0 aliphatic carbocycles. The van der Waals surface area contributed by atoms with Gasteiger partial charge < -0.3 is 0 Å². The van der Waals surface area contributed by atoms with Gasteiger partial charge in [0.25, 0.3) is 0 Å². The highest BCUT2D eigenvalue weighted by Gasteiger charge is 2.16. The van der Waals surface area contributed by atoms with E-state index in [1.54, 1.807) is 12.1 Å². The van der Waals surface area contributed by atoms with Crippen LogP contribution >= 0.6 is 0 Å². The average molecular weight is 1190 g/mol. The molecular formula is C84H96N6+6. The van der Waals surface area contributed by atoms with Crippen LogP contribution < -0.4 is 27.4 Å². The van der Waals surface area contributed by atoms with E-state index in [1.807, 2.05) is 55.1 Å². The minimum Gasteiger partial charge on any atom is -0.201 e. The van der Waals surface area contributed by atoms with Crippen molar-refractivity contribution in [2.45, 2.75) is 83.0 Å². The number of pyridine rings is 6. The molecule has 0 amide bonds. The van der Waals surface area contributed by atoms with Gasteiger partial charge in [0, 0.05) is 110 Å². The predicted molar refractivity (Wildman–Crippen MR) is 375 cm³/mol. The van der Waals surface area contributed by atoms with Gasteiger partial charge in [0.1, 0.15) is 42.3 Å². The lowest BCUT2D eigenvalue weighted by Gasteiger charge is -2.06. The lowest BCUT2D eigenvalue weighted by atomic mass is 10.0. The molecule has 12 aromatic rings. The second-order valence-corrected chi connectivity index (χ2v) is 23.7. The third-order valence-corrected chi connectivity index (χ3v) is 16.6. The van der Waals surface area contributed by atoms with Crippen molar-refractivity contribution in [2.24, 2.45) is 42.3 Å². The van der Waals surface area contributed by atoms with Crippen molar-refractivity contribution in [3.8, 4) is 67.5 Å². The fourth-order valence-electron chi connectivity index (χ4n) is 11.0. The molecule has 0 saturated carbocycles. The molecule has 6 aromatic heterocycles. The summed E-state index contributed by atoms with van der Waals surface area (Å²) < 4.78 is 35.0. The van der Waals surface area contributed by atoms with Gasteiger partial charge in [-0.3, -0.25) is 0 Å². The first kappa shape index (κ1) is 63.2. The number of benzene rings is 6. The van der Waals surface area contributed by atoms with Gasteiger partial charge in [-0.05, 0) is 200 Å². The smallest absolute Gasteiger partial charge is 0.201 e. The lowest BCUT2D eigenvalue weighted by Crippen LogP contribution is -2.30. The van der Waals surface area contributed by atoms with Crippen LogP contribution in [-0.4, -0.2) is 0 Å². The minimum absolute atomic E-state index is 0.391. The Hall–Kier alpha value is -9.78. The van der Waals surface area contributed by atoms with E-state index in [9.17, 15) is 0 Å². The van der Waals surface area contributed by atoms with Crippen LogP contribution in [0.2, 0.25) is 0 Å². The zero-order chi connectivity index (χ0) is 67.5. The van der Waals surface area contributed by atoms with Gasteiger partial charge in [0.15, 0.2) is 37.2 Å². The Balaban J connectivity index is 0.000000158. The Kier molecular flexibility index (Phi) is 22.8. The molecule has 0 unspecified atom stereocenters. The number of hydrogen-bond acceptors (Lipinski definition) is 0. The second kappa shape index (κ2) is 32.4. The van der Waals surface area contributed by atoms with Crippen LogP contribution in [0.1, 0.15) is 70.9 Å². The van der Waals surface area contributed by atoms with Crippen molar-refractivity contribution in [2.75, 3.05) is 0 Å². The van der Waals surface area contributed by atoms with Crippen molar-refractivity contribution >= 4 is 0 Å². The first-order valence-electron chi connectivity index (χ1n) is 32.5. The Morgan fingerprint density at radius 1 is 0.211 bits per heavy atom. The molecule has 456 valence electrons. The Labute approximate surface area is 543 Å². The van der Waals surface area contributed by atoms with E-state index in [-0.39, 0.29) is 0 Å². The van der Waals surface area contributed by atoms with Gasteiger partial charge in [-0.2, -0.15) is 0 Å². The van der Waals surface area contributed by atoms with Crippen LogP contribution in [0.3, 0.4) is 0 Å². The summed E-state index contributed by atoms with van der Waals surface area (Å²) in [6, 6.07) is 75.3. The first-order valence-corrected chi connectivity index (χ1v) is 31.0. The van der Waals surface area contributed by atoms with Gasteiger partial charge in [0.05, 0.1) is 0 Å². The van der Waals surface area contributed by atoms with Gasteiger partial charge in [-0.25, -0.2) is 27.4 Å². The molecule has 90 heavy (non-hydrogen) atoms. The summed E-state index contributed by atoms with van der Waals surface area (Å²) in [5, 5.41) is 0. The van der Waals surface area contributed by atoms with E-state index in [0.717, 1.165) is 16.8 Å². The standard InChI is InChI=1S/6C14H16N/c2*1-11-7-6-8-13(12(11)2)14-9-4-5-10-15(14)3;2*1-11-7-8-13(12(2)10-11)14-6-4-5-9-15(14)3;2*1-11-7-8-12(2)13(10-11)14-6-4-5-9-15(14)3/h6*4-10H,1-3H3/q6*+1/i;;1D3;;;. The van der Waals surface area contributed by atoms with E-state index in [1.165, 1.54) is 112 Å². The van der Waals surface area contributed by atoms with Gasteiger partial charge in [0.2, 0.25) is 34.2 Å². The van der Waals surface area contributed by atoms with E-state index < -0.39 is 6.85 Å². The second-order valence-electron chi connectivity index (χ2n) is 23.7. The van der Waals surface area contributed by atoms with Crippen molar-refractivity contribution < 1.29 is 31.5 Å². The summed E-state index contributed by atoms with van der Waals surface area (Å²) in [5.41, 5.74) is 29.7. The highest BCUT2D eigenvalue weighted by atomic mass is 14.9. The molecule has 0 atom stereocenters. The molecule has 0 aliphatic heterocycles. The molecule has 0 N–H and O–H groups in total. The molecule has 12 rings (SSSR count). The molecule has 0 saturated heterocycles. The maximum absolute atomic E-state index is 7.42. The quantitative estimate of drug-likeness (QED) is 0.148. The number of rotatable bonds is 6. The predicted octanol–water partition coefficient (Wildman–Crippen LogP) is 16.8. The Morgan fingerprint density at radius 3 is 0.778 bits per heavy atom. The van der Waals surface area contributed by atoms with Gasteiger partial charge in [-0.1, -0.05) is 95.1 Å². The first-order chi connectivity index (χ1) is 44.3. The van der Waals surface area contributed by atoms with Gasteiger partial charge in [-0.15, -0.1) is 0 Å². The molecule has 0 aliphatic rings. The third kappa shape index (κ3) is 18.2. The maximum atomic E-state index is 7.42. The minimum atomic E-state index is -2.04. The molecule has 0 spiro atoms. The van der Waals surface area contributed by atoms with E-state index in [0.29, 0.717) is 5.56 Å². The fourth-order valence-corrected chi connectivity index (χ4v) is 11.0. The van der Waals surface area contributed by atoms with Crippen molar-refractivity contribution in [3.63, 3.8) is 0 Å². The SMILES string of the molecule is Cc1ccc(-c2cccc[n+]2C)c(C)c1.Cc1ccc(C)c(-c2cccc[n+]2C)c1.Cc1ccc(C)c(-c2cccc[n+]2C)c1.Cc1cccc(-c2cccc[n+]2C)c1C.Cc1cccc(-c2cccc[n+]2C)c1C.[2H]C([2H])([2H])c1ccc(-c2cccc[n+]2C)c(C)c1. The summed E-state index contributed by atoms with van der Waals surface area (Å²) >= 11 is 0. The van der Waals surface area contributed by atoms with Crippen molar-refractivity contribution in [1.82, 2.24) is 0 Å². The number of aryl methyl sites for hydroxylation is 16. The summed E-state index contributed by atoms with van der Waals surface area (Å²) in [5.74, 6) is 0. The third-order valence-electron chi connectivity index (χ3n) is 16.6. The molecule has 6 nitrogen and oxygen atoms in total. The topological polar surface area (TPSA) is 23.3 Å². The van der Waals surface area contributed by atoms with Crippen LogP contribution in [0, 0.1) is 83.0 Å². The maximum Gasteiger partial charge on any atom is 0.212 e. The van der Waals surface area contributed by atoms with E-state index >= 15 is 0 Å². The van der Waals surface area contributed by atoms with E-state index in [2.05, 4.69) is 334 Å². The average Bonchev–Trinajstić information content (AvgIpc) is 1.18. The zero-order valence-corrected chi connectivity index (χ0v) is 56.4. The van der Waals surface area contributed by atoms with Crippen LogP contribution in [0.15, 0.2) is 256 Å². The van der Waals surface area contributed by atoms with Crippen LogP contribution in [0.5, 0.6) is 0 Å². The highest BCUT2D eigenvalue weighted by molar-refractivity contribution is 5.66. The number of hydrogen-bond donors (Lipinski definition) is 0. The number of nitrogens with zero attached hydrogens (tertiary/aromatic N) is 6. The van der Waals surface area contributed by atoms with Crippen molar-refractivity contribution in [1.29, 1.82) is 0 Å². The normalized spacial score (nSPS) is 11.0. The van der Waals surface area contributed by atoms with Gasteiger partial charge >= 0.3 is 0 Å². The molecule has 6 aromatic carbocycles. The van der Waals surface area contributed by atoms with Crippen molar-refractivity contribution in [3.05, 3.63) is 322 Å². The molecular weight excluding hydrogens is 1090 g/mol. The summed E-state index contributed by atoms with van der Waals surface area (Å²) in [4.78, 5) is 0. The molecule has 6 heteroatoms. The van der Waals surface area contributed by atoms with Crippen LogP contribution in [0.25, 0.3) is 67.5 Å². The summed E-state index contributed by atoms with van der Waals surface area (Å²) in [7, 11) is 12.4. The molecule has 0 fully saturated rings. The monoisotopic (exact) mass is 1190 g/mol. The number of aromatic nitrogens is 6. The summed E-state index contributed by atoms with van der Waals surface area (Å²) in [6.07, 6.45) is 12.4. The Morgan fingerprint density at radius 2 is 0.478 bits per heavy atom. The Bertz CT molecular complexity index is 4210.